The van der Waals surface area contributed by atoms with Crippen LogP contribution in [0.15, 0.2) is 73.7 Å². The summed E-state index contributed by atoms with van der Waals surface area (Å²) in [5, 5.41) is 8.75. The Balaban J connectivity index is 1.49. The van der Waals surface area contributed by atoms with Crippen molar-refractivity contribution < 1.29 is 0 Å². The van der Waals surface area contributed by atoms with Gasteiger partial charge in [-0.15, -0.1) is 11.3 Å². The molecule has 0 aliphatic carbocycles. The first kappa shape index (κ1) is 18.7. The van der Waals surface area contributed by atoms with Gasteiger partial charge in [0.15, 0.2) is 0 Å². The van der Waals surface area contributed by atoms with Crippen molar-refractivity contribution in [1.82, 2.24) is 30.1 Å². The molecule has 6 heterocycles. The summed E-state index contributed by atoms with van der Waals surface area (Å²) in [5.74, 6) is 0. The first-order valence-corrected chi connectivity index (χ1v) is 11.0. The number of thiophene rings is 1. The topological polar surface area (TPSA) is 83.1 Å². The van der Waals surface area contributed by atoms with Crippen LogP contribution in [0.25, 0.3) is 60.7 Å². The van der Waals surface area contributed by atoms with Crippen LogP contribution in [0.5, 0.6) is 0 Å². The molecule has 0 saturated carbocycles. The molecule has 7 heteroatoms. The van der Waals surface area contributed by atoms with E-state index in [4.69, 9.17) is 4.98 Å². The van der Waals surface area contributed by atoms with Gasteiger partial charge < -0.3 is 4.98 Å². The van der Waals surface area contributed by atoms with E-state index in [1.807, 2.05) is 49.6 Å². The van der Waals surface area contributed by atoms with Crippen molar-refractivity contribution in [2.75, 3.05) is 0 Å². The van der Waals surface area contributed by atoms with Crippen molar-refractivity contribution in [2.45, 2.75) is 6.92 Å². The number of H-pyrrole nitrogens is 2. The first-order valence-electron chi connectivity index (χ1n) is 10.2. The van der Waals surface area contributed by atoms with Gasteiger partial charge in [0.1, 0.15) is 11.2 Å². The van der Waals surface area contributed by atoms with Crippen LogP contribution in [0.1, 0.15) is 11.8 Å². The molecule has 6 aromatic heterocycles. The molecule has 0 aromatic carbocycles. The van der Waals surface area contributed by atoms with Gasteiger partial charge >= 0.3 is 0 Å². The Labute approximate surface area is 187 Å². The third-order valence-corrected chi connectivity index (χ3v) is 6.71. The van der Waals surface area contributed by atoms with Gasteiger partial charge in [-0.1, -0.05) is 12.6 Å². The summed E-state index contributed by atoms with van der Waals surface area (Å²) in [6.45, 7) is 6.08. The monoisotopic (exact) mass is 434 g/mol. The van der Waals surface area contributed by atoms with E-state index in [1.54, 1.807) is 17.5 Å². The van der Waals surface area contributed by atoms with Gasteiger partial charge in [0.25, 0.3) is 0 Å². The first-order chi connectivity index (χ1) is 15.7. The molecule has 6 rings (SSSR count). The maximum atomic E-state index is 4.86. The highest BCUT2D eigenvalue weighted by atomic mass is 32.1. The zero-order valence-electron chi connectivity index (χ0n) is 17.3. The Morgan fingerprint density at radius 2 is 1.94 bits per heavy atom. The second kappa shape index (κ2) is 7.25. The molecular formula is C25H18N6S. The Hall–Kier alpha value is -4.10. The summed E-state index contributed by atoms with van der Waals surface area (Å²) in [4.78, 5) is 19.5. The molecule has 0 spiro atoms. The number of nitrogens with one attached hydrogen (secondary N) is 2. The maximum Gasteiger partial charge on any atom is 0.135 e. The van der Waals surface area contributed by atoms with Crippen LogP contribution >= 0.6 is 11.3 Å². The van der Waals surface area contributed by atoms with E-state index in [1.165, 1.54) is 4.88 Å². The average molecular weight is 435 g/mol. The Bertz CT molecular complexity index is 1610. The van der Waals surface area contributed by atoms with Gasteiger partial charge in [0, 0.05) is 33.1 Å². The fourth-order valence-electron chi connectivity index (χ4n) is 3.83. The third kappa shape index (κ3) is 3.02. The highest BCUT2D eigenvalue weighted by Gasteiger charge is 2.16. The van der Waals surface area contributed by atoms with Crippen molar-refractivity contribution in [2.24, 2.45) is 0 Å². The van der Waals surface area contributed by atoms with Gasteiger partial charge in [-0.05, 0) is 55.0 Å². The van der Waals surface area contributed by atoms with Crippen LogP contribution in [-0.4, -0.2) is 30.1 Å². The Morgan fingerprint density at radius 1 is 1.00 bits per heavy atom. The number of rotatable bonds is 4. The quantitative estimate of drug-likeness (QED) is 0.340. The summed E-state index contributed by atoms with van der Waals surface area (Å²) in [6, 6.07) is 16.1. The van der Waals surface area contributed by atoms with Crippen molar-refractivity contribution >= 4 is 38.8 Å². The average Bonchev–Trinajstić information content (AvgIpc) is 3.56. The molecule has 2 N–H and O–H groups in total. The van der Waals surface area contributed by atoms with E-state index in [9.17, 15) is 0 Å². The van der Waals surface area contributed by atoms with Crippen molar-refractivity contribution in [3.05, 3.63) is 78.6 Å². The van der Waals surface area contributed by atoms with Crippen molar-refractivity contribution in [1.29, 1.82) is 0 Å². The predicted octanol–water partition coefficient (Wildman–Crippen LogP) is 6.32. The minimum Gasteiger partial charge on any atom is -0.352 e. The molecule has 0 radical (unpaired) electrons. The summed E-state index contributed by atoms with van der Waals surface area (Å²) in [7, 11) is 0. The smallest absolute Gasteiger partial charge is 0.135 e. The minimum absolute atomic E-state index is 0.772. The lowest BCUT2D eigenvalue weighted by Crippen LogP contribution is -1.87. The number of nitrogens with zero attached hydrogens (tertiary/aromatic N) is 4. The van der Waals surface area contributed by atoms with Gasteiger partial charge in [0.05, 0.1) is 34.3 Å². The number of allylic oxidation sites excluding steroid dienone is 1. The normalized spacial score (nSPS) is 11.4. The van der Waals surface area contributed by atoms with E-state index < -0.39 is 0 Å². The summed E-state index contributed by atoms with van der Waals surface area (Å²) >= 11 is 1.72. The molecule has 0 unspecified atom stereocenters. The lowest BCUT2D eigenvalue weighted by molar-refractivity contribution is 1.12. The van der Waals surface area contributed by atoms with Crippen LogP contribution in [-0.2, 0) is 0 Å². The van der Waals surface area contributed by atoms with Gasteiger partial charge in [-0.3, -0.25) is 15.1 Å². The number of hydrogen-bond acceptors (Lipinski definition) is 5. The van der Waals surface area contributed by atoms with Crippen LogP contribution in [0, 0.1) is 0 Å². The van der Waals surface area contributed by atoms with Crippen LogP contribution in [0.3, 0.4) is 0 Å². The molecule has 0 atom stereocenters. The van der Waals surface area contributed by atoms with E-state index in [0.29, 0.717) is 0 Å². The fraction of sp³-hybridized carbons (Fsp3) is 0.0400. The molecule has 32 heavy (non-hydrogen) atoms. The SMILES string of the molecule is C=C(C)c1ccc(-c2cncc3[nH]c(-c4n[nH]c5ccc(-c6ccccn6)nc45)cc23)s1. The molecular weight excluding hydrogens is 416 g/mol. The number of aromatic amines is 2. The summed E-state index contributed by atoms with van der Waals surface area (Å²) in [6.07, 6.45) is 5.53. The molecule has 0 fully saturated rings. The standard InChI is InChI=1S/C25H18N6S/c1-14(2)22-8-9-23(32-22)16-12-26-13-21-15(16)11-20(28-21)25-24-19(30-31-25)7-6-18(29-24)17-5-3-4-10-27-17/h3-13,28H,1H2,2H3,(H,30,31). The van der Waals surface area contributed by atoms with Crippen LogP contribution < -0.4 is 0 Å². The second-order valence-corrected chi connectivity index (χ2v) is 8.74. The Morgan fingerprint density at radius 3 is 2.75 bits per heavy atom. The van der Waals surface area contributed by atoms with Gasteiger partial charge in [-0.2, -0.15) is 5.10 Å². The van der Waals surface area contributed by atoms with E-state index in [0.717, 1.165) is 60.7 Å². The largest absolute Gasteiger partial charge is 0.352 e. The van der Waals surface area contributed by atoms with Crippen LogP contribution in [0.2, 0.25) is 0 Å². The molecule has 154 valence electrons. The number of pyridine rings is 3. The van der Waals surface area contributed by atoms with Crippen molar-refractivity contribution in [3.8, 4) is 33.2 Å². The van der Waals surface area contributed by atoms with Gasteiger partial charge in [-0.25, -0.2) is 4.98 Å². The van der Waals surface area contributed by atoms with E-state index in [2.05, 4.69) is 49.9 Å². The molecule has 0 bridgehead atoms. The Kier molecular flexibility index (Phi) is 4.22. The lowest BCUT2D eigenvalue weighted by Gasteiger charge is -2.00. The molecule has 0 amide bonds. The minimum atomic E-state index is 0.772. The molecule has 6 nitrogen and oxygen atoms in total. The fourth-order valence-corrected chi connectivity index (χ4v) is 4.79. The number of hydrogen-bond donors (Lipinski definition) is 2. The maximum absolute atomic E-state index is 4.86. The predicted molar refractivity (Wildman–Crippen MR) is 130 cm³/mol. The van der Waals surface area contributed by atoms with E-state index >= 15 is 0 Å². The highest BCUT2D eigenvalue weighted by molar-refractivity contribution is 7.16. The second-order valence-electron chi connectivity index (χ2n) is 7.66. The zero-order chi connectivity index (χ0) is 21.7. The number of aromatic nitrogens is 6. The lowest BCUT2D eigenvalue weighted by atomic mass is 10.1. The van der Waals surface area contributed by atoms with Crippen LogP contribution in [0.4, 0.5) is 0 Å². The van der Waals surface area contributed by atoms with Crippen molar-refractivity contribution in [3.63, 3.8) is 0 Å². The molecule has 0 saturated heterocycles. The molecule has 0 aliphatic heterocycles. The van der Waals surface area contributed by atoms with Gasteiger partial charge in [0.2, 0.25) is 0 Å². The van der Waals surface area contributed by atoms with E-state index in [-0.39, 0.29) is 0 Å². The summed E-state index contributed by atoms with van der Waals surface area (Å²) < 4.78 is 0. The summed E-state index contributed by atoms with van der Waals surface area (Å²) in [5.41, 5.74) is 8.09. The zero-order valence-corrected chi connectivity index (χ0v) is 18.1. The molecule has 0 aliphatic rings. The molecule has 6 aromatic rings. The third-order valence-electron chi connectivity index (χ3n) is 5.43. The highest BCUT2D eigenvalue weighted by Crippen LogP contribution is 2.37. The number of fused-ring (bicyclic) bond motifs is 2.